The Kier molecular flexibility index (Phi) is 8.35. The van der Waals surface area contributed by atoms with Gasteiger partial charge in [-0.05, 0) is 67.9 Å². The Labute approximate surface area is 208 Å². The first-order valence-corrected chi connectivity index (χ1v) is 12.2. The van der Waals surface area contributed by atoms with E-state index in [9.17, 15) is 18.4 Å². The van der Waals surface area contributed by atoms with Crippen LogP contribution in [0.25, 0.3) is 0 Å². The van der Waals surface area contributed by atoms with Crippen molar-refractivity contribution in [2.24, 2.45) is 5.92 Å². The van der Waals surface area contributed by atoms with E-state index in [2.05, 4.69) is 15.0 Å². The molecule has 2 atom stereocenters. The summed E-state index contributed by atoms with van der Waals surface area (Å²) in [4.78, 5) is 30.2. The molecular formula is C26H31F2N3O5. The number of nitrogens with zero attached hydrogens (tertiary/aromatic N) is 2. The number of benzene rings is 1. The molecule has 2 heterocycles. The Balaban J connectivity index is 1.31. The molecule has 8 nitrogen and oxygen atoms in total. The number of esters is 1. The summed E-state index contributed by atoms with van der Waals surface area (Å²) in [7, 11) is 1.69. The normalized spacial score (nSPS) is 19.2. The van der Waals surface area contributed by atoms with Crippen molar-refractivity contribution in [2.45, 2.75) is 44.8 Å². The van der Waals surface area contributed by atoms with Gasteiger partial charge in [0, 0.05) is 32.4 Å². The molecule has 2 aliphatic rings. The minimum absolute atomic E-state index is 0.0346. The van der Waals surface area contributed by atoms with Crippen LogP contribution < -0.4 is 14.8 Å². The topological polar surface area (TPSA) is 90.0 Å². The lowest BCUT2D eigenvalue weighted by atomic mass is 9.96. The Hall–Kier alpha value is -3.27. The van der Waals surface area contributed by atoms with Gasteiger partial charge in [0.15, 0.2) is 11.5 Å². The number of pyridine rings is 1. The smallest absolute Gasteiger partial charge is 0.387 e. The van der Waals surface area contributed by atoms with Crippen LogP contribution in [0.5, 0.6) is 11.5 Å². The maximum absolute atomic E-state index is 12.8. The van der Waals surface area contributed by atoms with Gasteiger partial charge < -0.3 is 24.4 Å². The molecule has 0 radical (unpaired) electrons. The van der Waals surface area contributed by atoms with Crippen LogP contribution in [0.15, 0.2) is 36.5 Å². The predicted octanol–water partition coefficient (Wildman–Crippen LogP) is 3.87. The van der Waals surface area contributed by atoms with E-state index in [-0.39, 0.29) is 35.9 Å². The summed E-state index contributed by atoms with van der Waals surface area (Å²) in [5, 5.41) is 3.34. The van der Waals surface area contributed by atoms with Gasteiger partial charge in [0.2, 0.25) is 0 Å². The molecule has 10 heteroatoms. The van der Waals surface area contributed by atoms with Crippen molar-refractivity contribution >= 4 is 11.9 Å². The molecule has 0 unspecified atom stereocenters. The molecule has 36 heavy (non-hydrogen) atoms. The molecular weight excluding hydrogens is 472 g/mol. The van der Waals surface area contributed by atoms with Gasteiger partial charge in [0.1, 0.15) is 12.3 Å². The van der Waals surface area contributed by atoms with Gasteiger partial charge in [-0.15, -0.1) is 0 Å². The molecule has 1 saturated carbocycles. The van der Waals surface area contributed by atoms with Gasteiger partial charge >= 0.3 is 12.6 Å². The summed E-state index contributed by atoms with van der Waals surface area (Å²) in [6, 6.07) is 8.04. The zero-order valence-electron chi connectivity index (χ0n) is 20.4. The van der Waals surface area contributed by atoms with Crippen LogP contribution in [0, 0.1) is 5.92 Å². The molecule has 1 N–H and O–H groups in total. The Morgan fingerprint density at radius 3 is 2.64 bits per heavy atom. The first kappa shape index (κ1) is 25.8. The molecule has 1 aliphatic carbocycles. The van der Waals surface area contributed by atoms with Crippen molar-refractivity contribution in [1.29, 1.82) is 0 Å². The van der Waals surface area contributed by atoms with Gasteiger partial charge in [-0.3, -0.25) is 4.79 Å². The van der Waals surface area contributed by atoms with Crippen molar-refractivity contribution < 1.29 is 32.6 Å². The zero-order valence-corrected chi connectivity index (χ0v) is 20.4. The second kappa shape index (κ2) is 11.6. The van der Waals surface area contributed by atoms with E-state index in [1.807, 2.05) is 6.92 Å². The number of rotatable bonds is 11. The van der Waals surface area contributed by atoms with Crippen LogP contribution in [0.4, 0.5) is 8.78 Å². The van der Waals surface area contributed by atoms with Crippen LogP contribution in [-0.2, 0) is 4.74 Å². The third-order valence-electron chi connectivity index (χ3n) is 6.50. The average Bonchev–Trinajstić information content (AvgIpc) is 3.60. The fraction of sp³-hybridized carbons (Fsp3) is 0.500. The summed E-state index contributed by atoms with van der Waals surface area (Å²) < 4.78 is 41.4. The summed E-state index contributed by atoms with van der Waals surface area (Å²) >= 11 is 0. The number of carbonyl (C=O) groups is 2. The van der Waals surface area contributed by atoms with Crippen molar-refractivity contribution in [1.82, 2.24) is 15.2 Å². The standard InChI is InChI=1S/C26H31F2N3O5/c1-3-31(2)24(32)18-6-8-21(30-12-18)25(33)35-15-20-10-19(13-29-20)17-7-9-22(36-26(27)28)23(11-17)34-14-16-4-5-16/h6-9,11-12,16,19-20,26,29H,3-5,10,13-15H2,1-2H3/t19-,20-/m1/s1. The van der Waals surface area contributed by atoms with E-state index < -0.39 is 12.6 Å². The predicted molar refractivity (Wildman–Crippen MR) is 128 cm³/mol. The minimum Gasteiger partial charge on any atom is -0.489 e. The van der Waals surface area contributed by atoms with Crippen molar-refractivity contribution in [3.8, 4) is 11.5 Å². The van der Waals surface area contributed by atoms with Gasteiger partial charge in [0.05, 0.1) is 12.2 Å². The lowest BCUT2D eigenvalue weighted by Crippen LogP contribution is -2.28. The van der Waals surface area contributed by atoms with E-state index in [0.29, 0.717) is 43.3 Å². The Bertz CT molecular complexity index is 1060. The fourth-order valence-electron chi connectivity index (χ4n) is 4.03. The molecule has 1 aliphatic heterocycles. The van der Waals surface area contributed by atoms with Crippen LogP contribution in [-0.4, -0.2) is 67.8 Å². The van der Waals surface area contributed by atoms with Gasteiger partial charge in [-0.25, -0.2) is 9.78 Å². The summed E-state index contributed by atoms with van der Waals surface area (Å²) in [6.07, 6.45) is 4.26. The largest absolute Gasteiger partial charge is 0.489 e. The van der Waals surface area contributed by atoms with E-state index in [1.54, 1.807) is 30.1 Å². The third-order valence-corrected chi connectivity index (χ3v) is 6.50. The van der Waals surface area contributed by atoms with E-state index in [0.717, 1.165) is 18.4 Å². The molecule has 194 valence electrons. The molecule has 4 rings (SSSR count). The van der Waals surface area contributed by atoms with Crippen LogP contribution in [0.3, 0.4) is 0 Å². The van der Waals surface area contributed by atoms with Gasteiger partial charge in [0.25, 0.3) is 5.91 Å². The number of amides is 1. The van der Waals surface area contributed by atoms with Crippen molar-refractivity contribution in [3.05, 3.63) is 53.3 Å². The Morgan fingerprint density at radius 2 is 1.97 bits per heavy atom. The minimum atomic E-state index is -2.92. The van der Waals surface area contributed by atoms with Crippen LogP contribution >= 0.6 is 0 Å². The van der Waals surface area contributed by atoms with E-state index in [4.69, 9.17) is 9.47 Å². The third kappa shape index (κ3) is 6.69. The van der Waals surface area contributed by atoms with Gasteiger partial charge in [-0.2, -0.15) is 8.78 Å². The second-order valence-corrected chi connectivity index (χ2v) is 9.23. The molecule has 2 aromatic rings. The summed E-state index contributed by atoms with van der Waals surface area (Å²) in [5.41, 5.74) is 1.48. The monoisotopic (exact) mass is 503 g/mol. The molecule has 1 amide bonds. The number of aromatic nitrogens is 1. The molecule has 0 spiro atoms. The first-order valence-electron chi connectivity index (χ1n) is 12.2. The molecule has 1 saturated heterocycles. The van der Waals surface area contributed by atoms with Gasteiger partial charge in [-0.1, -0.05) is 6.07 Å². The lowest BCUT2D eigenvalue weighted by molar-refractivity contribution is -0.0515. The molecule has 1 aromatic heterocycles. The van der Waals surface area contributed by atoms with E-state index >= 15 is 0 Å². The lowest BCUT2D eigenvalue weighted by Gasteiger charge is -2.16. The number of carbonyl (C=O) groups excluding carboxylic acids is 2. The summed E-state index contributed by atoms with van der Waals surface area (Å²) in [5.74, 6) is 0.217. The van der Waals surface area contributed by atoms with Crippen molar-refractivity contribution in [3.63, 3.8) is 0 Å². The zero-order chi connectivity index (χ0) is 25.7. The number of nitrogens with one attached hydrogen (secondary N) is 1. The fourth-order valence-corrected chi connectivity index (χ4v) is 4.03. The van der Waals surface area contributed by atoms with Crippen molar-refractivity contribution in [2.75, 3.05) is 33.4 Å². The highest BCUT2D eigenvalue weighted by Crippen LogP contribution is 2.37. The molecule has 1 aromatic carbocycles. The highest BCUT2D eigenvalue weighted by Gasteiger charge is 2.28. The molecule has 2 fully saturated rings. The SMILES string of the molecule is CCN(C)C(=O)c1ccc(C(=O)OC[C@H]2C[C@@H](c3ccc(OC(F)F)c(OCC4CC4)c3)CN2)nc1. The second-order valence-electron chi connectivity index (χ2n) is 9.23. The maximum Gasteiger partial charge on any atom is 0.387 e. The highest BCUT2D eigenvalue weighted by atomic mass is 19.3. The number of hydrogen-bond acceptors (Lipinski definition) is 7. The van der Waals surface area contributed by atoms with Crippen LogP contribution in [0.1, 0.15) is 58.5 Å². The van der Waals surface area contributed by atoms with E-state index in [1.165, 1.54) is 18.3 Å². The maximum atomic E-state index is 12.8. The molecule has 0 bridgehead atoms. The quantitative estimate of drug-likeness (QED) is 0.466. The number of alkyl halides is 2. The average molecular weight is 504 g/mol. The number of halogens is 2. The number of ether oxygens (including phenoxy) is 3. The first-order chi connectivity index (χ1) is 17.3. The number of hydrogen-bond donors (Lipinski definition) is 1. The Morgan fingerprint density at radius 1 is 1.17 bits per heavy atom. The highest BCUT2D eigenvalue weighted by molar-refractivity contribution is 5.94. The van der Waals surface area contributed by atoms with Crippen LogP contribution in [0.2, 0.25) is 0 Å². The summed E-state index contributed by atoms with van der Waals surface area (Å²) in [6.45, 7) is 0.823.